The summed E-state index contributed by atoms with van der Waals surface area (Å²) in [6, 6.07) is 1.89. The van der Waals surface area contributed by atoms with Crippen molar-refractivity contribution in [2.45, 2.75) is 32.6 Å². The van der Waals surface area contributed by atoms with Gasteiger partial charge in [0.05, 0.1) is 0 Å². The predicted octanol–water partition coefficient (Wildman–Crippen LogP) is 2.27. The standard InChI is InChI=1S/C12H17N3O/c1-2-10-8-11(15-14-10)13-12(16)9-6-4-3-5-7-9/h3-4,8-9H,2,5-7H2,1H3,(H2,13,14,15,16). The fourth-order valence-electron chi connectivity index (χ4n) is 1.87. The smallest absolute Gasteiger partial charge is 0.229 e. The Hall–Kier alpha value is -1.58. The molecule has 1 aromatic rings. The van der Waals surface area contributed by atoms with Crippen LogP contribution < -0.4 is 5.32 Å². The van der Waals surface area contributed by atoms with Crippen molar-refractivity contribution in [3.63, 3.8) is 0 Å². The molecule has 2 N–H and O–H groups in total. The van der Waals surface area contributed by atoms with Gasteiger partial charge in [0.2, 0.25) is 5.91 Å². The molecule has 0 fully saturated rings. The molecule has 0 saturated carbocycles. The van der Waals surface area contributed by atoms with Gasteiger partial charge in [-0.05, 0) is 25.7 Å². The first-order valence-corrected chi connectivity index (χ1v) is 5.79. The van der Waals surface area contributed by atoms with Gasteiger partial charge in [-0.1, -0.05) is 19.1 Å². The van der Waals surface area contributed by atoms with Crippen LogP contribution in [0.15, 0.2) is 18.2 Å². The molecular weight excluding hydrogens is 202 g/mol. The van der Waals surface area contributed by atoms with E-state index < -0.39 is 0 Å². The summed E-state index contributed by atoms with van der Waals surface area (Å²) in [5.74, 6) is 0.821. The second kappa shape index (κ2) is 4.96. The number of allylic oxidation sites excluding steroid dienone is 2. The third-order valence-electron chi connectivity index (χ3n) is 2.90. The monoisotopic (exact) mass is 219 g/mol. The van der Waals surface area contributed by atoms with Crippen molar-refractivity contribution in [3.8, 4) is 0 Å². The molecule has 0 radical (unpaired) electrons. The van der Waals surface area contributed by atoms with Crippen molar-refractivity contribution in [3.05, 3.63) is 23.9 Å². The number of aromatic amines is 1. The quantitative estimate of drug-likeness (QED) is 0.766. The van der Waals surface area contributed by atoms with E-state index in [4.69, 9.17) is 0 Å². The number of aryl methyl sites for hydroxylation is 1. The molecule has 1 aliphatic rings. The number of H-pyrrole nitrogens is 1. The molecule has 0 aliphatic heterocycles. The molecule has 0 saturated heterocycles. The Balaban J connectivity index is 1.93. The van der Waals surface area contributed by atoms with E-state index in [0.717, 1.165) is 31.4 Å². The van der Waals surface area contributed by atoms with Crippen LogP contribution in [0, 0.1) is 5.92 Å². The molecule has 1 atom stereocenters. The SMILES string of the molecule is CCc1cc(NC(=O)C2CC=CCC2)n[nH]1. The van der Waals surface area contributed by atoms with Crippen LogP contribution >= 0.6 is 0 Å². The highest BCUT2D eigenvalue weighted by Crippen LogP contribution is 2.19. The number of nitrogens with one attached hydrogen (secondary N) is 2. The van der Waals surface area contributed by atoms with Crippen molar-refractivity contribution in [1.82, 2.24) is 10.2 Å². The minimum absolute atomic E-state index is 0.0819. The average molecular weight is 219 g/mol. The molecule has 1 aliphatic carbocycles. The molecule has 0 spiro atoms. The first-order chi connectivity index (χ1) is 7.79. The number of carbonyl (C=O) groups is 1. The van der Waals surface area contributed by atoms with E-state index in [0.29, 0.717) is 5.82 Å². The van der Waals surface area contributed by atoms with Crippen molar-refractivity contribution >= 4 is 11.7 Å². The van der Waals surface area contributed by atoms with E-state index in [-0.39, 0.29) is 11.8 Å². The van der Waals surface area contributed by atoms with Gasteiger partial charge in [-0.25, -0.2) is 0 Å². The summed E-state index contributed by atoms with van der Waals surface area (Å²) in [7, 11) is 0. The molecule has 2 rings (SSSR count). The number of hydrogen-bond donors (Lipinski definition) is 2. The molecule has 1 heterocycles. The number of amides is 1. The topological polar surface area (TPSA) is 57.8 Å². The van der Waals surface area contributed by atoms with E-state index in [9.17, 15) is 4.79 Å². The number of carbonyl (C=O) groups excluding carboxylic acids is 1. The van der Waals surface area contributed by atoms with Crippen LogP contribution in [0.1, 0.15) is 31.9 Å². The minimum atomic E-state index is 0.0819. The Labute approximate surface area is 95.1 Å². The van der Waals surface area contributed by atoms with Gasteiger partial charge in [0, 0.05) is 17.7 Å². The first kappa shape index (κ1) is 10.9. The van der Waals surface area contributed by atoms with Crippen molar-refractivity contribution < 1.29 is 4.79 Å². The Bertz CT molecular complexity index is 395. The molecule has 1 amide bonds. The molecule has 1 aromatic heterocycles. The van der Waals surface area contributed by atoms with Crippen molar-refractivity contribution in [1.29, 1.82) is 0 Å². The highest BCUT2D eigenvalue weighted by Gasteiger charge is 2.19. The van der Waals surface area contributed by atoms with Crippen LogP contribution in [-0.4, -0.2) is 16.1 Å². The molecule has 16 heavy (non-hydrogen) atoms. The predicted molar refractivity (Wildman–Crippen MR) is 63.1 cm³/mol. The second-order valence-electron chi connectivity index (χ2n) is 4.10. The Kier molecular flexibility index (Phi) is 3.39. The zero-order chi connectivity index (χ0) is 11.4. The summed E-state index contributed by atoms with van der Waals surface area (Å²) >= 11 is 0. The third-order valence-corrected chi connectivity index (χ3v) is 2.90. The lowest BCUT2D eigenvalue weighted by molar-refractivity contribution is -0.120. The molecule has 0 aromatic carbocycles. The van der Waals surface area contributed by atoms with Crippen LogP contribution in [0.5, 0.6) is 0 Å². The van der Waals surface area contributed by atoms with E-state index in [1.165, 1.54) is 0 Å². The lowest BCUT2D eigenvalue weighted by Crippen LogP contribution is -2.23. The van der Waals surface area contributed by atoms with E-state index >= 15 is 0 Å². The van der Waals surface area contributed by atoms with Gasteiger partial charge in [0.15, 0.2) is 5.82 Å². The number of rotatable bonds is 3. The van der Waals surface area contributed by atoms with Crippen LogP contribution in [0.25, 0.3) is 0 Å². The van der Waals surface area contributed by atoms with E-state index in [1.54, 1.807) is 0 Å². The van der Waals surface area contributed by atoms with Gasteiger partial charge >= 0.3 is 0 Å². The maximum absolute atomic E-state index is 11.9. The van der Waals surface area contributed by atoms with Crippen LogP contribution in [0.3, 0.4) is 0 Å². The molecule has 4 nitrogen and oxygen atoms in total. The fraction of sp³-hybridized carbons (Fsp3) is 0.500. The van der Waals surface area contributed by atoms with Gasteiger partial charge < -0.3 is 5.32 Å². The van der Waals surface area contributed by atoms with Gasteiger partial charge in [0.1, 0.15) is 0 Å². The van der Waals surface area contributed by atoms with Gasteiger partial charge in [-0.15, -0.1) is 0 Å². The maximum atomic E-state index is 11.9. The first-order valence-electron chi connectivity index (χ1n) is 5.79. The summed E-state index contributed by atoms with van der Waals surface area (Å²) in [4.78, 5) is 11.9. The Morgan fingerprint density at radius 3 is 3.12 bits per heavy atom. The van der Waals surface area contributed by atoms with Gasteiger partial charge in [-0.2, -0.15) is 5.10 Å². The molecule has 86 valence electrons. The minimum Gasteiger partial charge on any atom is -0.309 e. The van der Waals surface area contributed by atoms with Gasteiger partial charge in [0.25, 0.3) is 0 Å². The Morgan fingerprint density at radius 1 is 1.62 bits per heavy atom. The van der Waals surface area contributed by atoms with Crippen molar-refractivity contribution in [2.24, 2.45) is 5.92 Å². The summed E-state index contributed by atoms with van der Waals surface area (Å²) in [5, 5.41) is 9.78. The lowest BCUT2D eigenvalue weighted by Gasteiger charge is -2.15. The van der Waals surface area contributed by atoms with Gasteiger partial charge in [-0.3, -0.25) is 9.89 Å². The maximum Gasteiger partial charge on any atom is 0.229 e. The molecule has 0 bridgehead atoms. The average Bonchev–Trinajstić information content (AvgIpc) is 2.78. The van der Waals surface area contributed by atoms with Crippen LogP contribution in [0.2, 0.25) is 0 Å². The zero-order valence-electron chi connectivity index (χ0n) is 9.49. The number of aromatic nitrogens is 2. The largest absolute Gasteiger partial charge is 0.309 e. The van der Waals surface area contributed by atoms with E-state index in [1.807, 2.05) is 13.0 Å². The van der Waals surface area contributed by atoms with E-state index in [2.05, 4.69) is 27.7 Å². The third kappa shape index (κ3) is 2.51. The molecule has 4 heteroatoms. The number of hydrogen-bond acceptors (Lipinski definition) is 2. The molecule has 1 unspecified atom stereocenters. The van der Waals surface area contributed by atoms with Crippen molar-refractivity contribution in [2.75, 3.05) is 5.32 Å². The summed E-state index contributed by atoms with van der Waals surface area (Å²) in [5.41, 5.74) is 1.04. The van der Waals surface area contributed by atoms with Crippen LogP contribution in [0.4, 0.5) is 5.82 Å². The summed E-state index contributed by atoms with van der Waals surface area (Å²) in [6.07, 6.45) is 7.89. The lowest BCUT2D eigenvalue weighted by atomic mass is 9.94. The number of anilines is 1. The summed E-state index contributed by atoms with van der Waals surface area (Å²) < 4.78 is 0. The number of nitrogens with zero attached hydrogens (tertiary/aromatic N) is 1. The fourth-order valence-corrected chi connectivity index (χ4v) is 1.87. The summed E-state index contributed by atoms with van der Waals surface area (Å²) in [6.45, 7) is 2.05. The molecular formula is C12H17N3O. The Morgan fingerprint density at radius 2 is 2.50 bits per heavy atom. The normalized spacial score (nSPS) is 19.7. The van der Waals surface area contributed by atoms with Crippen LogP contribution in [-0.2, 0) is 11.2 Å². The zero-order valence-corrected chi connectivity index (χ0v) is 9.49. The highest BCUT2D eigenvalue weighted by atomic mass is 16.1. The highest BCUT2D eigenvalue weighted by molar-refractivity contribution is 5.91. The second-order valence-corrected chi connectivity index (χ2v) is 4.10.